The molecule has 1 saturated carbocycles. The van der Waals surface area contributed by atoms with Crippen molar-refractivity contribution in [1.82, 2.24) is 0 Å². The zero-order valence-electron chi connectivity index (χ0n) is 9.41. The summed E-state index contributed by atoms with van der Waals surface area (Å²) < 4.78 is 5.25. The van der Waals surface area contributed by atoms with Crippen LogP contribution in [0.25, 0.3) is 0 Å². The van der Waals surface area contributed by atoms with Crippen LogP contribution in [0.4, 0.5) is 0 Å². The van der Waals surface area contributed by atoms with E-state index in [0.717, 1.165) is 12.8 Å². The molecular formula is C12H18O4. The highest BCUT2D eigenvalue weighted by molar-refractivity contribution is 6.03. The highest BCUT2D eigenvalue weighted by Gasteiger charge is 2.52. The van der Waals surface area contributed by atoms with Crippen LogP contribution in [0.2, 0.25) is 0 Å². The number of aliphatic carboxylic acids is 1. The molecule has 2 rings (SSSR count). The van der Waals surface area contributed by atoms with Crippen LogP contribution in [0.5, 0.6) is 0 Å². The molecule has 1 atom stereocenters. The molecule has 1 unspecified atom stereocenters. The first kappa shape index (κ1) is 11.6. The predicted molar refractivity (Wildman–Crippen MR) is 57.1 cm³/mol. The number of carbonyl (C=O) groups excluding carboxylic acids is 1. The number of ketones is 1. The second-order valence-electron chi connectivity index (χ2n) is 4.79. The fraction of sp³-hybridized carbons (Fsp3) is 0.833. The van der Waals surface area contributed by atoms with E-state index in [4.69, 9.17) is 4.74 Å². The SMILES string of the molecule is O=C(O)C1(C2CCOCC2)CCCCC1=O. The van der Waals surface area contributed by atoms with Gasteiger partial charge in [0.1, 0.15) is 11.2 Å². The third-order valence-electron chi connectivity index (χ3n) is 4.02. The Balaban J connectivity index is 2.25. The molecule has 2 fully saturated rings. The molecule has 0 amide bonds. The molecule has 16 heavy (non-hydrogen) atoms. The fourth-order valence-corrected chi connectivity index (χ4v) is 3.07. The first-order valence-corrected chi connectivity index (χ1v) is 6.02. The number of hydrogen-bond donors (Lipinski definition) is 1. The van der Waals surface area contributed by atoms with E-state index < -0.39 is 11.4 Å². The van der Waals surface area contributed by atoms with Crippen molar-refractivity contribution in [2.24, 2.45) is 11.3 Å². The molecule has 0 spiro atoms. The number of hydrogen-bond acceptors (Lipinski definition) is 3. The zero-order chi connectivity index (χ0) is 11.6. The van der Waals surface area contributed by atoms with E-state index in [1.807, 2.05) is 0 Å². The van der Waals surface area contributed by atoms with Gasteiger partial charge in [0.2, 0.25) is 0 Å². The number of carbonyl (C=O) groups is 2. The normalized spacial score (nSPS) is 32.6. The van der Waals surface area contributed by atoms with Crippen LogP contribution >= 0.6 is 0 Å². The van der Waals surface area contributed by atoms with Gasteiger partial charge in [-0.3, -0.25) is 9.59 Å². The molecule has 4 heteroatoms. The lowest BCUT2D eigenvalue weighted by molar-refractivity contribution is -0.164. The largest absolute Gasteiger partial charge is 0.480 e. The summed E-state index contributed by atoms with van der Waals surface area (Å²) in [6.07, 6.45) is 4.07. The number of rotatable bonds is 2. The summed E-state index contributed by atoms with van der Waals surface area (Å²) in [5, 5.41) is 9.45. The Morgan fingerprint density at radius 3 is 2.56 bits per heavy atom. The number of carboxylic acid groups (broad SMARTS) is 1. The lowest BCUT2D eigenvalue weighted by atomic mass is 9.63. The molecule has 0 aromatic rings. The van der Waals surface area contributed by atoms with Crippen LogP contribution in [0.3, 0.4) is 0 Å². The summed E-state index contributed by atoms with van der Waals surface area (Å²) in [6.45, 7) is 1.18. The molecule has 0 bridgehead atoms. The van der Waals surface area contributed by atoms with Gasteiger partial charge in [0.15, 0.2) is 0 Å². The monoisotopic (exact) mass is 226 g/mol. The standard InChI is InChI=1S/C12H18O4/c13-10-3-1-2-6-12(10,11(14)15)9-4-7-16-8-5-9/h9H,1-8H2,(H,14,15). The van der Waals surface area contributed by atoms with E-state index in [1.165, 1.54) is 0 Å². The average Bonchev–Trinajstić information content (AvgIpc) is 2.30. The van der Waals surface area contributed by atoms with Gasteiger partial charge in [-0.1, -0.05) is 6.42 Å². The van der Waals surface area contributed by atoms with Crippen molar-refractivity contribution in [3.63, 3.8) is 0 Å². The lowest BCUT2D eigenvalue weighted by Gasteiger charge is -2.40. The first-order valence-electron chi connectivity index (χ1n) is 6.02. The molecule has 1 aliphatic heterocycles. The van der Waals surface area contributed by atoms with Gasteiger partial charge in [0, 0.05) is 19.6 Å². The van der Waals surface area contributed by atoms with Gasteiger partial charge in [0.25, 0.3) is 0 Å². The smallest absolute Gasteiger partial charge is 0.317 e. The highest BCUT2D eigenvalue weighted by atomic mass is 16.5. The third-order valence-corrected chi connectivity index (χ3v) is 4.02. The van der Waals surface area contributed by atoms with Crippen molar-refractivity contribution in [2.75, 3.05) is 13.2 Å². The summed E-state index contributed by atoms with van der Waals surface area (Å²) in [4.78, 5) is 23.6. The predicted octanol–water partition coefficient (Wildman–Crippen LogP) is 1.63. The van der Waals surface area contributed by atoms with Gasteiger partial charge in [-0.05, 0) is 31.6 Å². The van der Waals surface area contributed by atoms with Gasteiger partial charge in [0.05, 0.1) is 0 Å². The average molecular weight is 226 g/mol. The van der Waals surface area contributed by atoms with Crippen molar-refractivity contribution >= 4 is 11.8 Å². The first-order chi connectivity index (χ1) is 7.68. The van der Waals surface area contributed by atoms with Gasteiger partial charge in [-0.15, -0.1) is 0 Å². The molecule has 1 aliphatic carbocycles. The van der Waals surface area contributed by atoms with Crippen LogP contribution in [0, 0.1) is 11.3 Å². The van der Waals surface area contributed by atoms with Gasteiger partial charge in [-0.25, -0.2) is 0 Å². The van der Waals surface area contributed by atoms with Crippen LogP contribution in [-0.2, 0) is 14.3 Å². The van der Waals surface area contributed by atoms with E-state index in [2.05, 4.69) is 0 Å². The number of carboxylic acids is 1. The maximum absolute atomic E-state index is 12.0. The number of ether oxygens (including phenoxy) is 1. The Labute approximate surface area is 95.0 Å². The minimum atomic E-state index is -1.10. The maximum Gasteiger partial charge on any atom is 0.317 e. The van der Waals surface area contributed by atoms with Crippen molar-refractivity contribution in [3.05, 3.63) is 0 Å². The topological polar surface area (TPSA) is 63.6 Å². The summed E-state index contributed by atoms with van der Waals surface area (Å²) in [6, 6.07) is 0. The maximum atomic E-state index is 12.0. The Morgan fingerprint density at radius 2 is 2.00 bits per heavy atom. The fourth-order valence-electron chi connectivity index (χ4n) is 3.07. The molecule has 0 radical (unpaired) electrons. The summed E-state index contributed by atoms with van der Waals surface area (Å²) >= 11 is 0. The Bertz CT molecular complexity index is 293. The third kappa shape index (κ3) is 1.75. The second-order valence-corrected chi connectivity index (χ2v) is 4.79. The van der Waals surface area contributed by atoms with Crippen molar-refractivity contribution in [1.29, 1.82) is 0 Å². The molecule has 2 aliphatic rings. The summed E-state index contributed by atoms with van der Waals surface area (Å²) in [7, 11) is 0. The zero-order valence-corrected chi connectivity index (χ0v) is 9.41. The minimum Gasteiger partial charge on any atom is -0.480 e. The second kappa shape index (κ2) is 4.53. The Kier molecular flexibility index (Phi) is 3.28. The van der Waals surface area contributed by atoms with E-state index >= 15 is 0 Å². The quantitative estimate of drug-likeness (QED) is 0.727. The molecule has 4 nitrogen and oxygen atoms in total. The van der Waals surface area contributed by atoms with Gasteiger partial charge >= 0.3 is 5.97 Å². The Hall–Kier alpha value is -0.900. The number of Topliss-reactive ketones (excluding diaryl/α,β-unsaturated/α-hetero) is 1. The summed E-state index contributed by atoms with van der Waals surface area (Å²) in [5.74, 6) is -0.992. The molecule has 1 heterocycles. The van der Waals surface area contributed by atoms with Crippen molar-refractivity contribution in [2.45, 2.75) is 38.5 Å². The van der Waals surface area contributed by atoms with E-state index in [0.29, 0.717) is 38.9 Å². The van der Waals surface area contributed by atoms with Gasteiger partial charge in [-0.2, -0.15) is 0 Å². The van der Waals surface area contributed by atoms with Crippen LogP contribution < -0.4 is 0 Å². The van der Waals surface area contributed by atoms with Crippen LogP contribution in [-0.4, -0.2) is 30.1 Å². The van der Waals surface area contributed by atoms with Gasteiger partial charge < -0.3 is 9.84 Å². The molecule has 1 saturated heterocycles. The summed E-state index contributed by atoms with van der Waals surface area (Å²) in [5.41, 5.74) is -1.10. The molecular weight excluding hydrogens is 208 g/mol. The van der Waals surface area contributed by atoms with E-state index in [1.54, 1.807) is 0 Å². The molecule has 0 aromatic heterocycles. The van der Waals surface area contributed by atoms with Crippen molar-refractivity contribution < 1.29 is 19.4 Å². The molecule has 0 aromatic carbocycles. The van der Waals surface area contributed by atoms with E-state index in [9.17, 15) is 14.7 Å². The molecule has 90 valence electrons. The Morgan fingerprint density at radius 1 is 1.31 bits per heavy atom. The lowest BCUT2D eigenvalue weighted by Crippen LogP contribution is -2.49. The minimum absolute atomic E-state index is 0.0217. The van der Waals surface area contributed by atoms with E-state index in [-0.39, 0.29) is 11.7 Å². The molecule has 1 N–H and O–H groups in total. The highest BCUT2D eigenvalue weighted by Crippen LogP contribution is 2.44. The van der Waals surface area contributed by atoms with Crippen molar-refractivity contribution in [3.8, 4) is 0 Å². The van der Waals surface area contributed by atoms with Crippen LogP contribution in [0.1, 0.15) is 38.5 Å². The van der Waals surface area contributed by atoms with Crippen LogP contribution in [0.15, 0.2) is 0 Å².